The van der Waals surface area contributed by atoms with Crippen LogP contribution in [-0.2, 0) is 6.42 Å². The summed E-state index contributed by atoms with van der Waals surface area (Å²) in [5, 5.41) is 9.48. The SMILES string of the molecule is COc1ccnc(N2CCN(CCCc3ccccc3)C(CCO)C2)n1. The van der Waals surface area contributed by atoms with Crippen molar-refractivity contribution in [3.63, 3.8) is 0 Å². The lowest BCUT2D eigenvalue weighted by atomic mass is 10.1. The first-order valence-electron chi connectivity index (χ1n) is 9.31. The fourth-order valence-corrected chi connectivity index (χ4v) is 3.52. The van der Waals surface area contributed by atoms with Gasteiger partial charge in [-0.2, -0.15) is 4.98 Å². The number of aryl methyl sites for hydroxylation is 1. The molecule has 1 aromatic heterocycles. The van der Waals surface area contributed by atoms with E-state index in [2.05, 4.69) is 50.1 Å². The van der Waals surface area contributed by atoms with Crippen LogP contribution < -0.4 is 9.64 Å². The van der Waals surface area contributed by atoms with Gasteiger partial charge < -0.3 is 14.7 Å². The van der Waals surface area contributed by atoms with E-state index >= 15 is 0 Å². The third-order valence-electron chi connectivity index (χ3n) is 4.93. The number of ether oxygens (including phenoxy) is 1. The van der Waals surface area contributed by atoms with E-state index in [4.69, 9.17) is 4.74 Å². The van der Waals surface area contributed by atoms with Crippen molar-refractivity contribution in [1.82, 2.24) is 14.9 Å². The first-order chi connectivity index (χ1) is 12.8. The quantitative estimate of drug-likeness (QED) is 0.781. The Labute approximate surface area is 155 Å². The number of hydrogen-bond donors (Lipinski definition) is 1. The highest BCUT2D eigenvalue weighted by Gasteiger charge is 2.27. The van der Waals surface area contributed by atoms with Crippen LogP contribution in [0.15, 0.2) is 42.6 Å². The zero-order valence-corrected chi connectivity index (χ0v) is 15.4. The molecule has 1 unspecified atom stereocenters. The summed E-state index contributed by atoms with van der Waals surface area (Å²) >= 11 is 0. The van der Waals surface area contributed by atoms with Crippen LogP contribution in [0.4, 0.5) is 5.95 Å². The second-order valence-corrected chi connectivity index (χ2v) is 6.64. The van der Waals surface area contributed by atoms with E-state index in [1.807, 2.05) is 0 Å². The highest BCUT2D eigenvalue weighted by atomic mass is 16.5. The van der Waals surface area contributed by atoms with Crippen LogP contribution in [0, 0.1) is 0 Å². The Morgan fingerprint density at radius 3 is 2.81 bits per heavy atom. The number of aromatic nitrogens is 2. The molecule has 0 bridgehead atoms. The van der Waals surface area contributed by atoms with Crippen LogP contribution in [0.1, 0.15) is 18.4 Å². The van der Waals surface area contributed by atoms with Gasteiger partial charge in [0.15, 0.2) is 0 Å². The molecule has 1 aliphatic heterocycles. The number of benzene rings is 1. The molecule has 1 fully saturated rings. The Morgan fingerprint density at radius 2 is 2.04 bits per heavy atom. The number of aliphatic hydroxyl groups is 1. The minimum atomic E-state index is 0.201. The molecule has 3 rings (SSSR count). The van der Waals surface area contributed by atoms with Crippen LogP contribution in [0.3, 0.4) is 0 Å². The molecule has 26 heavy (non-hydrogen) atoms. The van der Waals surface area contributed by atoms with Crippen molar-refractivity contribution in [3.8, 4) is 5.88 Å². The molecule has 0 saturated carbocycles. The van der Waals surface area contributed by atoms with Crippen molar-refractivity contribution >= 4 is 5.95 Å². The molecule has 1 N–H and O–H groups in total. The van der Waals surface area contributed by atoms with Crippen molar-refractivity contribution in [1.29, 1.82) is 0 Å². The Kier molecular flexibility index (Phi) is 6.80. The van der Waals surface area contributed by atoms with Gasteiger partial charge in [-0.25, -0.2) is 4.98 Å². The average molecular weight is 356 g/mol. The first kappa shape index (κ1) is 18.6. The number of anilines is 1. The lowest BCUT2D eigenvalue weighted by molar-refractivity contribution is 0.140. The van der Waals surface area contributed by atoms with Crippen molar-refractivity contribution in [3.05, 3.63) is 48.2 Å². The van der Waals surface area contributed by atoms with Gasteiger partial charge in [0.1, 0.15) is 0 Å². The van der Waals surface area contributed by atoms with Gasteiger partial charge in [0.25, 0.3) is 0 Å². The molecule has 0 radical (unpaired) electrons. The number of nitrogens with zero attached hydrogens (tertiary/aromatic N) is 4. The van der Waals surface area contributed by atoms with Gasteiger partial charge in [0.2, 0.25) is 11.8 Å². The zero-order valence-electron chi connectivity index (χ0n) is 15.4. The van der Waals surface area contributed by atoms with E-state index in [9.17, 15) is 5.11 Å². The van der Waals surface area contributed by atoms with Gasteiger partial charge in [0, 0.05) is 44.5 Å². The van der Waals surface area contributed by atoms with E-state index < -0.39 is 0 Å². The minimum absolute atomic E-state index is 0.201. The lowest BCUT2D eigenvalue weighted by Crippen LogP contribution is -2.54. The maximum Gasteiger partial charge on any atom is 0.228 e. The molecule has 1 aliphatic rings. The van der Waals surface area contributed by atoms with E-state index in [0.29, 0.717) is 17.9 Å². The molecule has 1 aromatic carbocycles. The summed E-state index contributed by atoms with van der Waals surface area (Å²) in [4.78, 5) is 13.5. The van der Waals surface area contributed by atoms with Crippen molar-refractivity contribution < 1.29 is 9.84 Å². The summed E-state index contributed by atoms with van der Waals surface area (Å²) in [6.07, 6.45) is 4.72. The number of methoxy groups -OCH3 is 1. The number of hydrogen-bond acceptors (Lipinski definition) is 6. The van der Waals surface area contributed by atoms with Crippen LogP contribution in [0.2, 0.25) is 0 Å². The topological polar surface area (TPSA) is 61.7 Å². The first-order valence-corrected chi connectivity index (χ1v) is 9.31. The molecular formula is C20H28N4O2. The molecule has 1 saturated heterocycles. The highest BCUT2D eigenvalue weighted by molar-refractivity contribution is 5.33. The Bertz CT molecular complexity index is 668. The smallest absolute Gasteiger partial charge is 0.228 e. The average Bonchev–Trinajstić information content (AvgIpc) is 2.70. The summed E-state index contributed by atoms with van der Waals surface area (Å²) < 4.78 is 5.21. The molecule has 0 spiro atoms. The third-order valence-corrected chi connectivity index (χ3v) is 4.93. The second-order valence-electron chi connectivity index (χ2n) is 6.64. The van der Waals surface area contributed by atoms with Gasteiger partial charge in [-0.15, -0.1) is 0 Å². The third kappa shape index (κ3) is 4.93. The maximum atomic E-state index is 9.48. The predicted molar refractivity (Wildman–Crippen MR) is 103 cm³/mol. The summed E-state index contributed by atoms with van der Waals surface area (Å²) in [7, 11) is 1.62. The molecular weight excluding hydrogens is 328 g/mol. The van der Waals surface area contributed by atoms with E-state index in [0.717, 1.165) is 45.4 Å². The molecule has 140 valence electrons. The van der Waals surface area contributed by atoms with E-state index in [-0.39, 0.29) is 6.61 Å². The fourth-order valence-electron chi connectivity index (χ4n) is 3.52. The Balaban J connectivity index is 1.57. The molecule has 2 aromatic rings. The highest BCUT2D eigenvalue weighted by Crippen LogP contribution is 2.19. The number of aliphatic hydroxyl groups excluding tert-OH is 1. The molecule has 1 atom stereocenters. The normalized spacial score (nSPS) is 18.1. The van der Waals surface area contributed by atoms with E-state index in [1.54, 1.807) is 19.4 Å². The van der Waals surface area contributed by atoms with Crippen molar-refractivity contribution in [2.75, 3.05) is 44.8 Å². The van der Waals surface area contributed by atoms with Crippen LogP contribution in [0.5, 0.6) is 5.88 Å². The molecule has 0 aliphatic carbocycles. The predicted octanol–water partition coefficient (Wildman–Crippen LogP) is 1.99. The summed E-state index contributed by atoms with van der Waals surface area (Å²) in [6, 6.07) is 12.7. The molecule has 6 nitrogen and oxygen atoms in total. The summed E-state index contributed by atoms with van der Waals surface area (Å²) in [5.74, 6) is 1.29. The van der Waals surface area contributed by atoms with Crippen LogP contribution >= 0.6 is 0 Å². The largest absolute Gasteiger partial charge is 0.481 e. The Hall–Kier alpha value is -2.18. The van der Waals surface area contributed by atoms with Crippen LogP contribution in [-0.4, -0.2) is 65.9 Å². The van der Waals surface area contributed by atoms with Gasteiger partial charge in [-0.3, -0.25) is 4.90 Å². The van der Waals surface area contributed by atoms with Gasteiger partial charge >= 0.3 is 0 Å². The van der Waals surface area contributed by atoms with Gasteiger partial charge in [0.05, 0.1) is 7.11 Å². The molecule has 6 heteroatoms. The summed E-state index contributed by atoms with van der Waals surface area (Å²) in [5.41, 5.74) is 1.38. The minimum Gasteiger partial charge on any atom is -0.481 e. The van der Waals surface area contributed by atoms with Gasteiger partial charge in [-0.05, 0) is 31.4 Å². The lowest BCUT2D eigenvalue weighted by Gasteiger charge is -2.41. The Morgan fingerprint density at radius 1 is 1.19 bits per heavy atom. The van der Waals surface area contributed by atoms with Crippen molar-refractivity contribution in [2.45, 2.75) is 25.3 Å². The standard InChI is InChI=1S/C20H28N4O2/c1-26-19-9-11-21-20(22-19)24-14-13-23(18(16-24)10-15-25)12-5-8-17-6-3-2-4-7-17/h2-4,6-7,9,11,18,25H,5,8,10,12-16H2,1H3. The molecule has 2 heterocycles. The number of piperazine rings is 1. The number of rotatable bonds is 8. The second kappa shape index (κ2) is 9.50. The summed E-state index contributed by atoms with van der Waals surface area (Å²) in [6.45, 7) is 3.93. The monoisotopic (exact) mass is 356 g/mol. The maximum absolute atomic E-state index is 9.48. The fraction of sp³-hybridized carbons (Fsp3) is 0.500. The van der Waals surface area contributed by atoms with Crippen LogP contribution in [0.25, 0.3) is 0 Å². The van der Waals surface area contributed by atoms with Crippen molar-refractivity contribution in [2.24, 2.45) is 0 Å². The van der Waals surface area contributed by atoms with E-state index in [1.165, 1.54) is 5.56 Å². The zero-order chi connectivity index (χ0) is 18.2. The van der Waals surface area contributed by atoms with Gasteiger partial charge in [-0.1, -0.05) is 30.3 Å². The molecule has 0 amide bonds.